The normalized spacial score (nSPS) is 18.3. The number of hydrogen-bond donors (Lipinski definition) is 0. The Morgan fingerprint density at radius 3 is 2.56 bits per heavy atom. The number of anilines is 1. The van der Waals surface area contributed by atoms with Crippen molar-refractivity contribution in [3.05, 3.63) is 24.3 Å². The summed E-state index contributed by atoms with van der Waals surface area (Å²) in [5, 5.41) is 0. The van der Waals surface area contributed by atoms with Crippen LogP contribution in [0.15, 0.2) is 29.2 Å². The molecule has 0 aromatic heterocycles. The van der Waals surface area contributed by atoms with Gasteiger partial charge in [-0.05, 0) is 30.7 Å². The molecule has 1 aliphatic rings. The lowest BCUT2D eigenvalue weighted by Crippen LogP contribution is -2.23. The summed E-state index contributed by atoms with van der Waals surface area (Å²) in [5.41, 5.74) is 1.08. The van der Waals surface area contributed by atoms with Gasteiger partial charge in [0.15, 0.2) is 0 Å². The molecule has 0 radical (unpaired) electrons. The molecule has 0 N–H and O–H groups in total. The second kappa shape index (κ2) is 7.47. The van der Waals surface area contributed by atoms with Gasteiger partial charge in [0.05, 0.1) is 5.69 Å². The van der Waals surface area contributed by atoms with E-state index in [-0.39, 0.29) is 0 Å². The van der Waals surface area contributed by atoms with E-state index >= 15 is 0 Å². The highest BCUT2D eigenvalue weighted by atomic mass is 32.2. The molecule has 1 aromatic rings. The molecule has 2 rings (SSSR count). The average molecular weight is 263 g/mol. The van der Waals surface area contributed by atoms with Crippen LogP contribution in [-0.4, -0.2) is 18.7 Å². The van der Waals surface area contributed by atoms with Gasteiger partial charge in [-0.2, -0.15) is 0 Å². The monoisotopic (exact) mass is 263 g/mol. The molecular formula is C15H21NOS. The Labute approximate surface area is 114 Å². The van der Waals surface area contributed by atoms with E-state index in [9.17, 15) is 4.79 Å². The predicted molar refractivity (Wildman–Crippen MR) is 78.3 cm³/mol. The van der Waals surface area contributed by atoms with Gasteiger partial charge in [0.1, 0.15) is 0 Å². The smallest absolute Gasteiger partial charge is 0.214 e. The molecule has 0 spiro atoms. The number of hydrogen-bond acceptors (Lipinski definition) is 2. The molecule has 0 aliphatic carbocycles. The lowest BCUT2D eigenvalue weighted by Gasteiger charge is -2.21. The summed E-state index contributed by atoms with van der Waals surface area (Å²) in [6.45, 7) is 0.848. The Kier molecular flexibility index (Phi) is 5.59. The Morgan fingerprint density at radius 1 is 1.00 bits per heavy atom. The third kappa shape index (κ3) is 3.77. The van der Waals surface area contributed by atoms with Crippen molar-refractivity contribution in [1.29, 1.82) is 0 Å². The Balaban J connectivity index is 2.15. The zero-order valence-electron chi connectivity index (χ0n) is 10.8. The van der Waals surface area contributed by atoms with E-state index in [1.54, 1.807) is 0 Å². The summed E-state index contributed by atoms with van der Waals surface area (Å²) in [6.07, 6.45) is 8.58. The van der Waals surface area contributed by atoms with Gasteiger partial charge in [-0.3, -0.25) is 4.79 Å². The van der Waals surface area contributed by atoms with E-state index in [1.165, 1.54) is 37.0 Å². The first-order valence-corrected chi connectivity index (χ1v) is 7.84. The maximum Gasteiger partial charge on any atom is 0.214 e. The molecule has 98 valence electrons. The van der Waals surface area contributed by atoms with Gasteiger partial charge in [-0.15, -0.1) is 11.8 Å². The third-order valence-electron chi connectivity index (χ3n) is 3.35. The van der Waals surface area contributed by atoms with E-state index in [0.717, 1.165) is 30.8 Å². The minimum absolute atomic E-state index is 0.848. The first-order valence-electron chi connectivity index (χ1n) is 6.85. The molecular weight excluding hydrogens is 242 g/mol. The molecule has 0 fully saturated rings. The zero-order chi connectivity index (χ0) is 12.6. The summed E-state index contributed by atoms with van der Waals surface area (Å²) < 4.78 is 0. The highest BCUT2D eigenvalue weighted by Gasteiger charge is 2.10. The Morgan fingerprint density at radius 2 is 1.72 bits per heavy atom. The van der Waals surface area contributed by atoms with Crippen molar-refractivity contribution in [1.82, 2.24) is 0 Å². The number of fused-ring (bicyclic) bond motifs is 1. The average Bonchev–Trinajstić information content (AvgIpc) is 2.40. The molecule has 0 saturated carbocycles. The molecule has 0 unspecified atom stereocenters. The van der Waals surface area contributed by atoms with Crippen molar-refractivity contribution in [3.8, 4) is 0 Å². The SMILES string of the molecule is O=CN1CCCCCCCCSc2ccccc21. The van der Waals surface area contributed by atoms with Crippen molar-refractivity contribution in [3.63, 3.8) is 0 Å². The van der Waals surface area contributed by atoms with Crippen LogP contribution in [0.25, 0.3) is 0 Å². The van der Waals surface area contributed by atoms with E-state index < -0.39 is 0 Å². The van der Waals surface area contributed by atoms with Gasteiger partial charge in [0.25, 0.3) is 0 Å². The molecule has 1 aromatic carbocycles. The summed E-state index contributed by atoms with van der Waals surface area (Å²) in [4.78, 5) is 14.4. The quantitative estimate of drug-likeness (QED) is 0.711. The second-order valence-electron chi connectivity index (χ2n) is 4.74. The van der Waals surface area contributed by atoms with Gasteiger partial charge in [-0.25, -0.2) is 0 Å². The number of rotatable bonds is 1. The maximum atomic E-state index is 11.3. The van der Waals surface area contributed by atoms with E-state index in [2.05, 4.69) is 18.2 Å². The van der Waals surface area contributed by atoms with Gasteiger partial charge >= 0.3 is 0 Å². The van der Waals surface area contributed by atoms with Crippen LogP contribution in [0.1, 0.15) is 38.5 Å². The van der Waals surface area contributed by atoms with Crippen LogP contribution in [0.5, 0.6) is 0 Å². The number of amides is 1. The number of carbonyl (C=O) groups is 1. The van der Waals surface area contributed by atoms with Gasteiger partial charge in [0, 0.05) is 11.4 Å². The molecule has 1 aliphatic heterocycles. The fourth-order valence-electron chi connectivity index (χ4n) is 2.32. The fraction of sp³-hybridized carbons (Fsp3) is 0.533. The summed E-state index contributed by atoms with van der Waals surface area (Å²) >= 11 is 1.88. The summed E-state index contributed by atoms with van der Waals surface area (Å²) in [5.74, 6) is 1.16. The molecule has 1 heterocycles. The van der Waals surface area contributed by atoms with Gasteiger partial charge in [-0.1, -0.05) is 37.8 Å². The van der Waals surface area contributed by atoms with E-state index in [4.69, 9.17) is 0 Å². The largest absolute Gasteiger partial charge is 0.314 e. The minimum Gasteiger partial charge on any atom is -0.314 e. The topological polar surface area (TPSA) is 20.3 Å². The van der Waals surface area contributed by atoms with Gasteiger partial charge < -0.3 is 4.90 Å². The first-order chi connectivity index (χ1) is 8.92. The standard InChI is InChI=1S/C15H21NOS/c17-13-16-11-7-3-1-2-4-8-12-18-15-10-6-5-9-14(15)16/h5-6,9-10,13H,1-4,7-8,11-12H2. The highest BCUT2D eigenvalue weighted by Crippen LogP contribution is 2.31. The Bertz CT molecular complexity index is 381. The molecule has 0 atom stereocenters. The zero-order valence-corrected chi connectivity index (χ0v) is 11.6. The van der Waals surface area contributed by atoms with Crippen molar-refractivity contribution >= 4 is 23.9 Å². The number of benzene rings is 1. The summed E-state index contributed by atoms with van der Waals surface area (Å²) in [7, 11) is 0. The van der Waals surface area contributed by atoms with Gasteiger partial charge in [0.2, 0.25) is 6.41 Å². The van der Waals surface area contributed by atoms with E-state index in [0.29, 0.717) is 0 Å². The molecule has 18 heavy (non-hydrogen) atoms. The number of carbonyl (C=O) groups excluding carboxylic acids is 1. The molecule has 2 nitrogen and oxygen atoms in total. The minimum atomic E-state index is 0.848. The highest BCUT2D eigenvalue weighted by molar-refractivity contribution is 7.99. The second-order valence-corrected chi connectivity index (χ2v) is 5.87. The van der Waals surface area contributed by atoms with Crippen molar-refractivity contribution in [2.24, 2.45) is 0 Å². The third-order valence-corrected chi connectivity index (χ3v) is 4.50. The summed E-state index contributed by atoms with van der Waals surface area (Å²) in [6, 6.07) is 8.26. The van der Waals surface area contributed by atoms with Crippen molar-refractivity contribution in [2.75, 3.05) is 17.2 Å². The number of para-hydroxylation sites is 1. The Hall–Kier alpha value is -0.960. The molecule has 0 saturated heterocycles. The van der Waals surface area contributed by atoms with Crippen LogP contribution < -0.4 is 4.90 Å². The lowest BCUT2D eigenvalue weighted by molar-refractivity contribution is -0.107. The predicted octanol–water partition coefficient (Wildman–Crippen LogP) is 4.10. The van der Waals surface area contributed by atoms with E-state index in [1.807, 2.05) is 22.7 Å². The molecule has 1 amide bonds. The molecule has 0 bridgehead atoms. The maximum absolute atomic E-state index is 11.3. The van der Waals surface area contributed by atoms with Crippen molar-refractivity contribution < 1.29 is 4.79 Å². The van der Waals surface area contributed by atoms with Crippen LogP contribution in [0.2, 0.25) is 0 Å². The lowest BCUT2D eigenvalue weighted by atomic mass is 10.1. The molecule has 3 heteroatoms. The fourth-order valence-corrected chi connectivity index (χ4v) is 3.40. The number of thioether (sulfide) groups is 1. The van der Waals surface area contributed by atoms with Crippen LogP contribution in [0.3, 0.4) is 0 Å². The van der Waals surface area contributed by atoms with Crippen LogP contribution >= 0.6 is 11.8 Å². The number of nitrogens with zero attached hydrogens (tertiary/aromatic N) is 1. The van der Waals surface area contributed by atoms with Crippen LogP contribution in [0.4, 0.5) is 5.69 Å². The van der Waals surface area contributed by atoms with Crippen LogP contribution in [-0.2, 0) is 4.79 Å². The van der Waals surface area contributed by atoms with Crippen LogP contribution in [0, 0.1) is 0 Å². The van der Waals surface area contributed by atoms with Crippen molar-refractivity contribution in [2.45, 2.75) is 43.4 Å². The first kappa shape index (κ1) is 13.5.